The number of carbonyl (C=O) groups excluding carboxylic acids is 2. The van der Waals surface area contributed by atoms with Crippen LogP contribution in [0.4, 0.5) is 5.82 Å². The third-order valence-electron chi connectivity index (χ3n) is 5.53. The van der Waals surface area contributed by atoms with Crippen molar-refractivity contribution in [2.45, 2.75) is 12.3 Å². The van der Waals surface area contributed by atoms with Crippen LogP contribution in [0.2, 0.25) is 0 Å². The van der Waals surface area contributed by atoms with Gasteiger partial charge in [-0.05, 0) is 30.7 Å². The van der Waals surface area contributed by atoms with E-state index in [9.17, 15) is 9.59 Å². The van der Waals surface area contributed by atoms with Crippen LogP contribution in [-0.4, -0.2) is 65.1 Å². The topological polar surface area (TPSA) is 107 Å². The summed E-state index contributed by atoms with van der Waals surface area (Å²) in [6, 6.07) is 12.8. The monoisotopic (exact) mass is 419 g/mol. The van der Waals surface area contributed by atoms with E-state index in [0.29, 0.717) is 30.0 Å². The molecule has 1 fully saturated rings. The fourth-order valence-corrected chi connectivity index (χ4v) is 3.93. The highest BCUT2D eigenvalue weighted by Gasteiger charge is 2.30. The zero-order valence-electron chi connectivity index (χ0n) is 17.3. The van der Waals surface area contributed by atoms with E-state index < -0.39 is 0 Å². The molecule has 31 heavy (non-hydrogen) atoms. The highest BCUT2D eigenvalue weighted by molar-refractivity contribution is 6.06. The summed E-state index contributed by atoms with van der Waals surface area (Å²) in [5, 5.41) is 15.5. The fourth-order valence-electron chi connectivity index (χ4n) is 3.93. The van der Waals surface area contributed by atoms with E-state index in [2.05, 4.69) is 15.6 Å². The van der Waals surface area contributed by atoms with Gasteiger partial charge in [-0.3, -0.25) is 14.6 Å². The van der Waals surface area contributed by atoms with E-state index in [0.717, 1.165) is 23.0 Å². The van der Waals surface area contributed by atoms with Gasteiger partial charge < -0.3 is 20.6 Å². The predicted molar refractivity (Wildman–Crippen MR) is 118 cm³/mol. The molecule has 8 nitrogen and oxygen atoms in total. The first-order valence-electron chi connectivity index (χ1n) is 10.3. The van der Waals surface area contributed by atoms with Gasteiger partial charge in [-0.25, -0.2) is 4.98 Å². The molecule has 3 aromatic rings. The van der Waals surface area contributed by atoms with Gasteiger partial charge >= 0.3 is 0 Å². The second-order valence-corrected chi connectivity index (χ2v) is 7.51. The van der Waals surface area contributed by atoms with Gasteiger partial charge in [-0.1, -0.05) is 18.2 Å². The highest BCUT2D eigenvalue weighted by Crippen LogP contribution is 2.30. The number of hydrogen-bond donors (Lipinski definition) is 3. The lowest BCUT2D eigenvalue weighted by Crippen LogP contribution is -2.29. The Labute approximate surface area is 180 Å². The largest absolute Gasteiger partial charge is 0.395 e. The second kappa shape index (κ2) is 9.09. The molecule has 0 spiro atoms. The van der Waals surface area contributed by atoms with Crippen LogP contribution in [0.25, 0.3) is 10.9 Å². The molecule has 8 heteroatoms. The number of amides is 2. The molecule has 0 bridgehead atoms. The van der Waals surface area contributed by atoms with Gasteiger partial charge in [0, 0.05) is 55.4 Å². The number of aromatic nitrogens is 2. The van der Waals surface area contributed by atoms with E-state index in [4.69, 9.17) is 10.1 Å². The number of rotatable bonds is 6. The maximum Gasteiger partial charge on any atom is 0.254 e. The van der Waals surface area contributed by atoms with Crippen molar-refractivity contribution in [2.24, 2.45) is 0 Å². The number of anilines is 1. The van der Waals surface area contributed by atoms with Gasteiger partial charge in [-0.15, -0.1) is 0 Å². The summed E-state index contributed by atoms with van der Waals surface area (Å²) in [5.74, 6) is 0.416. The number of nitrogens with zero attached hydrogens (tertiary/aromatic N) is 3. The summed E-state index contributed by atoms with van der Waals surface area (Å²) in [4.78, 5) is 36.4. The molecule has 2 aromatic heterocycles. The van der Waals surface area contributed by atoms with Crippen molar-refractivity contribution in [3.63, 3.8) is 0 Å². The van der Waals surface area contributed by atoms with Crippen LogP contribution in [0.5, 0.6) is 0 Å². The molecule has 1 atom stereocenters. The Balaban J connectivity index is 1.59. The Morgan fingerprint density at radius 1 is 1.23 bits per heavy atom. The molecule has 160 valence electrons. The molecule has 4 rings (SSSR count). The zero-order chi connectivity index (χ0) is 21.8. The SMILES string of the molecule is CNc1cc(C(=O)N2CCC(c3cc(C(=O)NCCO)c4ccccc4n3)C2)ccn1. The molecule has 3 heterocycles. The molecule has 1 aliphatic heterocycles. The number of para-hydroxylation sites is 1. The normalized spacial score (nSPS) is 15.8. The van der Waals surface area contributed by atoms with E-state index in [-0.39, 0.29) is 30.9 Å². The fraction of sp³-hybridized carbons (Fsp3) is 0.304. The Kier molecular flexibility index (Phi) is 6.08. The highest BCUT2D eigenvalue weighted by atomic mass is 16.3. The summed E-state index contributed by atoms with van der Waals surface area (Å²) >= 11 is 0. The van der Waals surface area contributed by atoms with Crippen molar-refractivity contribution >= 4 is 28.5 Å². The van der Waals surface area contributed by atoms with Crippen molar-refractivity contribution in [2.75, 3.05) is 38.6 Å². The van der Waals surface area contributed by atoms with Gasteiger partial charge in [-0.2, -0.15) is 0 Å². The smallest absolute Gasteiger partial charge is 0.254 e. The summed E-state index contributed by atoms with van der Waals surface area (Å²) < 4.78 is 0. The first kappa shape index (κ1) is 20.7. The minimum Gasteiger partial charge on any atom is -0.395 e. The molecule has 1 unspecified atom stereocenters. The number of aliphatic hydroxyl groups is 1. The number of nitrogens with one attached hydrogen (secondary N) is 2. The van der Waals surface area contributed by atoms with Crippen molar-refractivity contribution in [3.8, 4) is 0 Å². The van der Waals surface area contributed by atoms with E-state index in [1.54, 1.807) is 25.4 Å². The van der Waals surface area contributed by atoms with Crippen LogP contribution >= 0.6 is 0 Å². The van der Waals surface area contributed by atoms with Gasteiger partial charge in [0.1, 0.15) is 5.82 Å². The van der Waals surface area contributed by atoms with Gasteiger partial charge in [0.15, 0.2) is 0 Å². The van der Waals surface area contributed by atoms with Crippen molar-refractivity contribution in [1.29, 1.82) is 0 Å². The molecule has 1 aromatic carbocycles. The quantitative estimate of drug-likeness (QED) is 0.564. The van der Waals surface area contributed by atoms with Crippen LogP contribution in [0.3, 0.4) is 0 Å². The third-order valence-corrected chi connectivity index (χ3v) is 5.53. The molecule has 0 aliphatic carbocycles. The van der Waals surface area contributed by atoms with Crippen molar-refractivity contribution in [1.82, 2.24) is 20.2 Å². The van der Waals surface area contributed by atoms with Crippen LogP contribution in [0.15, 0.2) is 48.7 Å². The average Bonchev–Trinajstić information content (AvgIpc) is 3.31. The van der Waals surface area contributed by atoms with Crippen LogP contribution < -0.4 is 10.6 Å². The molecule has 1 saturated heterocycles. The van der Waals surface area contributed by atoms with Gasteiger partial charge in [0.2, 0.25) is 0 Å². The predicted octanol–water partition coefficient (Wildman–Crippen LogP) is 2.02. The molecular formula is C23H25N5O3. The first-order chi connectivity index (χ1) is 15.1. The van der Waals surface area contributed by atoms with Crippen molar-refractivity contribution in [3.05, 3.63) is 65.5 Å². The number of pyridine rings is 2. The third kappa shape index (κ3) is 4.34. The molecule has 0 saturated carbocycles. The first-order valence-corrected chi connectivity index (χ1v) is 10.3. The molecule has 2 amide bonds. The van der Waals surface area contributed by atoms with E-state index in [1.807, 2.05) is 35.2 Å². The lowest BCUT2D eigenvalue weighted by molar-refractivity contribution is 0.0790. The van der Waals surface area contributed by atoms with Crippen molar-refractivity contribution < 1.29 is 14.7 Å². The zero-order valence-corrected chi connectivity index (χ0v) is 17.3. The maximum atomic E-state index is 13.0. The summed E-state index contributed by atoms with van der Waals surface area (Å²) in [5.41, 5.74) is 2.67. The average molecular weight is 419 g/mol. The Morgan fingerprint density at radius 3 is 2.87 bits per heavy atom. The number of likely N-dealkylation sites (tertiary alicyclic amines) is 1. The number of benzene rings is 1. The molecule has 1 aliphatic rings. The Bertz CT molecular complexity index is 1120. The molecule has 0 radical (unpaired) electrons. The van der Waals surface area contributed by atoms with Crippen LogP contribution in [0, 0.1) is 0 Å². The maximum absolute atomic E-state index is 13.0. The molecular weight excluding hydrogens is 394 g/mol. The summed E-state index contributed by atoms with van der Waals surface area (Å²) in [7, 11) is 1.77. The standard InChI is InChI=1S/C23H25N5O3/c1-24-21-12-15(6-8-25-21)23(31)28-10-7-16(14-28)20-13-18(22(30)26-9-11-29)17-4-2-3-5-19(17)27-20/h2-6,8,12-13,16,29H,7,9-11,14H2,1H3,(H,24,25)(H,26,30). The summed E-state index contributed by atoms with van der Waals surface area (Å²) in [6.07, 6.45) is 2.40. The van der Waals surface area contributed by atoms with Gasteiger partial charge in [0.25, 0.3) is 11.8 Å². The van der Waals surface area contributed by atoms with Gasteiger partial charge in [0.05, 0.1) is 17.7 Å². The summed E-state index contributed by atoms with van der Waals surface area (Å²) in [6.45, 7) is 1.24. The number of fused-ring (bicyclic) bond motifs is 1. The molecule has 3 N–H and O–H groups in total. The Morgan fingerprint density at radius 2 is 2.06 bits per heavy atom. The van der Waals surface area contributed by atoms with Crippen LogP contribution in [-0.2, 0) is 0 Å². The second-order valence-electron chi connectivity index (χ2n) is 7.51. The number of carbonyl (C=O) groups is 2. The Hall–Kier alpha value is -3.52. The van der Waals surface area contributed by atoms with E-state index >= 15 is 0 Å². The van der Waals surface area contributed by atoms with Crippen LogP contribution in [0.1, 0.15) is 38.7 Å². The lowest BCUT2D eigenvalue weighted by Gasteiger charge is -2.17. The minimum absolute atomic E-state index is 0.0388. The lowest BCUT2D eigenvalue weighted by atomic mass is 9.99. The number of aliphatic hydroxyl groups excluding tert-OH is 1. The van der Waals surface area contributed by atoms with E-state index in [1.165, 1.54) is 0 Å². The minimum atomic E-state index is -0.240. The number of hydrogen-bond acceptors (Lipinski definition) is 6.